The number of ether oxygens (including phenoxy) is 2. The fourth-order valence-electron chi connectivity index (χ4n) is 2.38. The number of amides is 2. The van der Waals surface area contributed by atoms with E-state index in [-0.39, 0.29) is 18.6 Å². The summed E-state index contributed by atoms with van der Waals surface area (Å²) in [5, 5.41) is 5.53. The van der Waals surface area contributed by atoms with Crippen LogP contribution in [0.5, 0.6) is 11.5 Å². The van der Waals surface area contributed by atoms with Crippen LogP contribution in [-0.4, -0.2) is 25.2 Å². The van der Waals surface area contributed by atoms with Crippen molar-refractivity contribution < 1.29 is 19.1 Å². The van der Waals surface area contributed by atoms with E-state index in [1.807, 2.05) is 18.2 Å². The quantitative estimate of drug-likeness (QED) is 0.792. The zero-order valence-electron chi connectivity index (χ0n) is 13.6. The molecule has 2 aromatic rings. The Morgan fingerprint density at radius 1 is 0.960 bits per heavy atom. The Hall–Kier alpha value is -3.28. The normalized spacial score (nSPS) is 11.7. The first-order valence-electron chi connectivity index (χ1n) is 7.83. The lowest BCUT2D eigenvalue weighted by atomic mass is 10.1. The summed E-state index contributed by atoms with van der Waals surface area (Å²) in [7, 11) is 0. The first-order valence-corrected chi connectivity index (χ1v) is 7.83. The fraction of sp³-hybridized carbons (Fsp3) is 0.158. The molecule has 6 nitrogen and oxygen atoms in total. The molecule has 0 bridgehead atoms. The van der Waals surface area contributed by atoms with Gasteiger partial charge in [-0.1, -0.05) is 12.1 Å². The topological polar surface area (TPSA) is 76.7 Å². The summed E-state index contributed by atoms with van der Waals surface area (Å²) in [4.78, 5) is 24.0. The molecule has 128 valence electrons. The molecule has 1 heterocycles. The second kappa shape index (κ2) is 7.53. The molecule has 0 unspecified atom stereocenters. The minimum absolute atomic E-state index is 0.202. The first-order chi connectivity index (χ1) is 12.2. The van der Waals surface area contributed by atoms with Gasteiger partial charge in [0, 0.05) is 24.2 Å². The van der Waals surface area contributed by atoms with Crippen LogP contribution in [0.15, 0.2) is 55.1 Å². The second-order valence-electron chi connectivity index (χ2n) is 5.45. The molecule has 2 aromatic carbocycles. The van der Waals surface area contributed by atoms with Crippen LogP contribution in [0.25, 0.3) is 0 Å². The molecule has 0 fully saturated rings. The monoisotopic (exact) mass is 338 g/mol. The molecule has 1 aliphatic rings. The lowest BCUT2D eigenvalue weighted by Crippen LogP contribution is -2.24. The highest BCUT2D eigenvalue weighted by atomic mass is 16.7. The van der Waals surface area contributed by atoms with Gasteiger partial charge in [0.15, 0.2) is 11.5 Å². The van der Waals surface area contributed by atoms with E-state index in [1.54, 1.807) is 30.3 Å². The summed E-state index contributed by atoms with van der Waals surface area (Å²) in [6.07, 6.45) is 1.61. The Labute approximate surface area is 145 Å². The van der Waals surface area contributed by atoms with Gasteiger partial charge in [0.1, 0.15) is 0 Å². The number of rotatable bonds is 6. The van der Waals surface area contributed by atoms with E-state index in [4.69, 9.17) is 9.47 Å². The molecule has 0 radical (unpaired) electrons. The van der Waals surface area contributed by atoms with E-state index in [0.717, 1.165) is 5.56 Å². The summed E-state index contributed by atoms with van der Waals surface area (Å²) < 4.78 is 10.6. The van der Waals surface area contributed by atoms with Crippen LogP contribution < -0.4 is 20.1 Å². The van der Waals surface area contributed by atoms with Crippen molar-refractivity contribution in [2.24, 2.45) is 0 Å². The molecular formula is C19H18N2O4. The molecule has 0 aliphatic carbocycles. The van der Waals surface area contributed by atoms with Crippen molar-refractivity contribution in [3.8, 4) is 11.5 Å². The van der Waals surface area contributed by atoms with Crippen LogP contribution in [0.2, 0.25) is 0 Å². The smallest absolute Gasteiger partial charge is 0.251 e. The van der Waals surface area contributed by atoms with E-state index in [9.17, 15) is 9.59 Å². The van der Waals surface area contributed by atoms with E-state index in [1.165, 1.54) is 0 Å². The summed E-state index contributed by atoms with van der Waals surface area (Å²) in [6, 6.07) is 12.0. The average molecular weight is 338 g/mol. The molecular weight excluding hydrogens is 320 g/mol. The third-order valence-electron chi connectivity index (χ3n) is 3.71. The van der Waals surface area contributed by atoms with Crippen molar-refractivity contribution in [2.75, 3.05) is 13.3 Å². The third kappa shape index (κ3) is 3.98. The molecule has 0 saturated carbocycles. The van der Waals surface area contributed by atoms with Crippen LogP contribution in [0.1, 0.15) is 26.3 Å². The van der Waals surface area contributed by atoms with Gasteiger partial charge in [-0.3, -0.25) is 9.59 Å². The molecule has 2 amide bonds. The Balaban J connectivity index is 1.58. The Morgan fingerprint density at radius 3 is 2.28 bits per heavy atom. The molecule has 0 aromatic heterocycles. The summed E-state index contributed by atoms with van der Waals surface area (Å²) in [5.74, 6) is 0.977. The Morgan fingerprint density at radius 2 is 1.60 bits per heavy atom. The summed E-state index contributed by atoms with van der Waals surface area (Å²) >= 11 is 0. The molecule has 0 spiro atoms. The van der Waals surface area contributed by atoms with Crippen molar-refractivity contribution in [1.82, 2.24) is 10.6 Å². The third-order valence-corrected chi connectivity index (χ3v) is 3.71. The number of hydrogen-bond acceptors (Lipinski definition) is 4. The number of hydrogen-bond donors (Lipinski definition) is 2. The zero-order valence-corrected chi connectivity index (χ0v) is 13.6. The van der Waals surface area contributed by atoms with E-state index in [2.05, 4.69) is 17.2 Å². The van der Waals surface area contributed by atoms with Gasteiger partial charge in [-0.2, -0.15) is 0 Å². The van der Waals surface area contributed by atoms with Crippen LogP contribution in [0, 0.1) is 0 Å². The van der Waals surface area contributed by atoms with Gasteiger partial charge in [-0.25, -0.2) is 0 Å². The molecule has 25 heavy (non-hydrogen) atoms. The molecule has 0 saturated heterocycles. The van der Waals surface area contributed by atoms with E-state index in [0.29, 0.717) is 35.7 Å². The highest BCUT2D eigenvalue weighted by Gasteiger charge is 2.14. The second-order valence-corrected chi connectivity index (χ2v) is 5.45. The maximum absolute atomic E-state index is 12.2. The number of nitrogens with one attached hydrogen (secondary N) is 2. The minimum atomic E-state index is -0.212. The first kappa shape index (κ1) is 16.6. The molecule has 2 N–H and O–H groups in total. The maximum Gasteiger partial charge on any atom is 0.251 e. The zero-order chi connectivity index (χ0) is 17.6. The predicted molar refractivity (Wildman–Crippen MR) is 92.7 cm³/mol. The van der Waals surface area contributed by atoms with E-state index >= 15 is 0 Å². The molecule has 3 rings (SSSR count). The largest absolute Gasteiger partial charge is 0.454 e. The van der Waals surface area contributed by atoms with Crippen LogP contribution in [0.3, 0.4) is 0 Å². The van der Waals surface area contributed by atoms with Crippen molar-refractivity contribution in [3.63, 3.8) is 0 Å². The summed E-state index contributed by atoms with van der Waals surface area (Å²) in [6.45, 7) is 4.54. The van der Waals surface area contributed by atoms with Crippen molar-refractivity contribution in [2.45, 2.75) is 6.54 Å². The van der Waals surface area contributed by atoms with E-state index < -0.39 is 0 Å². The SMILES string of the molecule is C=CCNC(=O)c1ccc(C(=O)NCc2ccc3c(c2)OCO3)cc1. The van der Waals surface area contributed by atoms with Gasteiger partial charge in [0.2, 0.25) is 6.79 Å². The molecule has 6 heteroatoms. The highest BCUT2D eigenvalue weighted by Crippen LogP contribution is 2.32. The minimum Gasteiger partial charge on any atom is -0.454 e. The van der Waals surface area contributed by atoms with Crippen molar-refractivity contribution in [1.29, 1.82) is 0 Å². The average Bonchev–Trinajstić information content (AvgIpc) is 3.12. The predicted octanol–water partition coefficient (Wildman–Crippen LogP) is 2.26. The van der Waals surface area contributed by atoms with Crippen molar-refractivity contribution in [3.05, 3.63) is 71.8 Å². The number of fused-ring (bicyclic) bond motifs is 1. The lowest BCUT2D eigenvalue weighted by molar-refractivity contribution is 0.0942. The van der Waals surface area contributed by atoms with Gasteiger partial charge in [0.25, 0.3) is 11.8 Å². The van der Waals surface area contributed by atoms with Gasteiger partial charge in [0.05, 0.1) is 0 Å². The lowest BCUT2D eigenvalue weighted by Gasteiger charge is -2.07. The highest BCUT2D eigenvalue weighted by molar-refractivity contribution is 5.97. The standard InChI is InChI=1S/C19H18N2O4/c1-2-9-20-18(22)14-4-6-15(7-5-14)19(23)21-11-13-3-8-16-17(10-13)25-12-24-16/h2-8,10H,1,9,11-12H2,(H,20,22)(H,21,23). The fourth-order valence-corrected chi connectivity index (χ4v) is 2.38. The molecule has 0 atom stereocenters. The maximum atomic E-state index is 12.2. The number of carbonyl (C=O) groups is 2. The van der Waals surface area contributed by atoms with Gasteiger partial charge >= 0.3 is 0 Å². The van der Waals surface area contributed by atoms with Gasteiger partial charge < -0.3 is 20.1 Å². The van der Waals surface area contributed by atoms with Crippen LogP contribution in [-0.2, 0) is 6.54 Å². The molecule has 1 aliphatic heterocycles. The summed E-state index contributed by atoms with van der Waals surface area (Å²) in [5.41, 5.74) is 1.90. The van der Waals surface area contributed by atoms with Crippen LogP contribution >= 0.6 is 0 Å². The Kier molecular flexibility index (Phi) is 4.99. The van der Waals surface area contributed by atoms with Crippen molar-refractivity contribution >= 4 is 11.8 Å². The van der Waals surface area contributed by atoms with Gasteiger partial charge in [-0.15, -0.1) is 6.58 Å². The van der Waals surface area contributed by atoms with Gasteiger partial charge in [-0.05, 0) is 42.0 Å². The number of carbonyl (C=O) groups excluding carboxylic acids is 2. The Bertz CT molecular complexity index is 800. The van der Waals surface area contributed by atoms with Crippen LogP contribution in [0.4, 0.5) is 0 Å². The number of benzene rings is 2.